The molecule has 1 fully saturated rings. The molecule has 0 saturated carbocycles. The number of methoxy groups -OCH3 is 1. The van der Waals surface area contributed by atoms with Crippen LogP contribution < -0.4 is 10.5 Å². The van der Waals surface area contributed by atoms with E-state index in [-0.39, 0.29) is 6.29 Å². The van der Waals surface area contributed by atoms with Gasteiger partial charge < -0.3 is 19.9 Å². The Balaban J connectivity index is 1.65. The predicted octanol–water partition coefficient (Wildman–Crippen LogP) is 3.53. The van der Waals surface area contributed by atoms with Gasteiger partial charge in [-0.1, -0.05) is 36.4 Å². The molecular weight excluding hydrogens is 338 g/mol. The molecule has 1 heterocycles. The highest BCUT2D eigenvalue weighted by molar-refractivity contribution is 5.40. The Labute approximate surface area is 161 Å². The molecule has 0 radical (unpaired) electrons. The Morgan fingerprint density at radius 2 is 1.89 bits per heavy atom. The standard InChI is InChI=1S/C23H29NO3/c1-25-18-9-7-17-8-10-19(22(15-24)20(17)14-18)21(23-26-11-12-27-23)13-16-5-3-2-4-6-16/h2-7,9,14,19,21-23H,8,10-13,15,24H2,1H3. The lowest BCUT2D eigenvalue weighted by molar-refractivity contribution is -0.104. The molecule has 2 aromatic carbocycles. The number of fused-ring (bicyclic) bond motifs is 1. The predicted molar refractivity (Wildman–Crippen MR) is 106 cm³/mol. The summed E-state index contributed by atoms with van der Waals surface area (Å²) in [5.74, 6) is 1.92. The van der Waals surface area contributed by atoms with Crippen molar-refractivity contribution in [2.24, 2.45) is 17.6 Å². The van der Waals surface area contributed by atoms with Crippen LogP contribution in [-0.4, -0.2) is 33.2 Å². The zero-order valence-corrected chi connectivity index (χ0v) is 16.0. The fourth-order valence-electron chi connectivity index (χ4n) is 4.80. The summed E-state index contributed by atoms with van der Waals surface area (Å²) < 4.78 is 17.4. The maximum absolute atomic E-state index is 6.31. The summed E-state index contributed by atoms with van der Waals surface area (Å²) in [4.78, 5) is 0. The topological polar surface area (TPSA) is 53.7 Å². The van der Waals surface area contributed by atoms with Crippen molar-refractivity contribution in [2.75, 3.05) is 26.9 Å². The summed E-state index contributed by atoms with van der Waals surface area (Å²) in [7, 11) is 1.72. The maximum atomic E-state index is 6.31. The molecule has 144 valence electrons. The molecule has 4 nitrogen and oxygen atoms in total. The smallest absolute Gasteiger partial charge is 0.161 e. The van der Waals surface area contributed by atoms with E-state index in [9.17, 15) is 0 Å². The van der Waals surface area contributed by atoms with Crippen molar-refractivity contribution >= 4 is 0 Å². The third kappa shape index (κ3) is 3.88. The van der Waals surface area contributed by atoms with E-state index in [2.05, 4.69) is 48.5 Å². The first kappa shape index (κ1) is 18.5. The highest BCUT2D eigenvalue weighted by Crippen LogP contribution is 2.44. The van der Waals surface area contributed by atoms with E-state index in [1.807, 2.05) is 0 Å². The summed E-state index contributed by atoms with van der Waals surface area (Å²) in [5.41, 5.74) is 10.4. The molecule has 1 saturated heterocycles. The Hall–Kier alpha value is -1.88. The third-order valence-electron chi connectivity index (χ3n) is 6.13. The molecule has 3 unspecified atom stereocenters. The largest absolute Gasteiger partial charge is 0.497 e. The summed E-state index contributed by atoms with van der Waals surface area (Å²) >= 11 is 0. The molecular formula is C23H29NO3. The molecule has 2 aromatic rings. The molecule has 27 heavy (non-hydrogen) atoms. The number of hydrogen-bond donors (Lipinski definition) is 1. The van der Waals surface area contributed by atoms with Crippen LogP contribution in [0.1, 0.15) is 29.0 Å². The number of aryl methyl sites for hydroxylation is 1. The molecule has 2 N–H and O–H groups in total. The van der Waals surface area contributed by atoms with E-state index in [1.54, 1.807) is 7.11 Å². The van der Waals surface area contributed by atoms with Crippen molar-refractivity contribution < 1.29 is 14.2 Å². The van der Waals surface area contributed by atoms with Crippen molar-refractivity contribution in [2.45, 2.75) is 31.5 Å². The quantitative estimate of drug-likeness (QED) is 0.849. The Bertz CT molecular complexity index is 743. The van der Waals surface area contributed by atoms with Gasteiger partial charge in [0.1, 0.15) is 5.75 Å². The van der Waals surface area contributed by atoms with Gasteiger partial charge in [-0.05, 0) is 66.5 Å². The van der Waals surface area contributed by atoms with Crippen LogP contribution in [0.25, 0.3) is 0 Å². The van der Waals surface area contributed by atoms with Crippen LogP contribution in [0.4, 0.5) is 0 Å². The normalized spacial score (nSPS) is 23.8. The molecule has 2 aliphatic rings. The molecule has 3 atom stereocenters. The zero-order chi connectivity index (χ0) is 18.6. The monoisotopic (exact) mass is 367 g/mol. The first-order valence-electron chi connectivity index (χ1n) is 9.94. The highest BCUT2D eigenvalue weighted by Gasteiger charge is 2.40. The molecule has 0 amide bonds. The molecule has 1 aliphatic heterocycles. The van der Waals surface area contributed by atoms with Crippen molar-refractivity contribution in [1.82, 2.24) is 0 Å². The van der Waals surface area contributed by atoms with Gasteiger partial charge in [0.15, 0.2) is 6.29 Å². The van der Waals surface area contributed by atoms with Crippen LogP contribution in [0.15, 0.2) is 48.5 Å². The lowest BCUT2D eigenvalue weighted by Gasteiger charge is -2.40. The van der Waals surface area contributed by atoms with Crippen LogP contribution in [0, 0.1) is 11.8 Å². The fraction of sp³-hybridized carbons (Fsp3) is 0.478. The van der Waals surface area contributed by atoms with Gasteiger partial charge in [-0.2, -0.15) is 0 Å². The molecule has 1 aliphatic carbocycles. The highest BCUT2D eigenvalue weighted by atomic mass is 16.7. The summed E-state index contributed by atoms with van der Waals surface area (Å²) in [6.45, 7) is 1.99. The van der Waals surface area contributed by atoms with E-state index < -0.39 is 0 Å². The number of rotatable bonds is 6. The van der Waals surface area contributed by atoms with Gasteiger partial charge in [0, 0.05) is 5.92 Å². The Morgan fingerprint density at radius 1 is 1.11 bits per heavy atom. The SMILES string of the molecule is COc1ccc2c(c1)C(CN)C(C(Cc1ccccc1)C1OCCO1)CC2. The van der Waals surface area contributed by atoms with Gasteiger partial charge in [-0.15, -0.1) is 0 Å². The average molecular weight is 367 g/mol. The first-order chi connectivity index (χ1) is 13.3. The van der Waals surface area contributed by atoms with E-state index in [0.717, 1.165) is 25.0 Å². The third-order valence-corrected chi connectivity index (χ3v) is 6.13. The second-order valence-electron chi connectivity index (χ2n) is 7.57. The summed E-state index contributed by atoms with van der Waals surface area (Å²) in [6, 6.07) is 17.1. The minimum absolute atomic E-state index is 0.142. The number of ether oxygens (including phenoxy) is 3. The second kappa shape index (κ2) is 8.42. The lowest BCUT2D eigenvalue weighted by Crippen LogP contribution is -2.39. The van der Waals surface area contributed by atoms with E-state index in [0.29, 0.717) is 37.5 Å². The average Bonchev–Trinajstić information content (AvgIpc) is 3.26. The fourth-order valence-corrected chi connectivity index (χ4v) is 4.80. The lowest BCUT2D eigenvalue weighted by atomic mass is 9.68. The zero-order valence-electron chi connectivity index (χ0n) is 16.0. The van der Waals surface area contributed by atoms with Gasteiger partial charge in [0.05, 0.1) is 20.3 Å². The minimum atomic E-state index is -0.142. The molecule has 0 aromatic heterocycles. The first-order valence-corrected chi connectivity index (χ1v) is 9.94. The van der Waals surface area contributed by atoms with Crippen LogP contribution >= 0.6 is 0 Å². The van der Waals surface area contributed by atoms with Gasteiger partial charge in [-0.3, -0.25) is 0 Å². The van der Waals surface area contributed by atoms with Gasteiger partial charge in [0.2, 0.25) is 0 Å². The van der Waals surface area contributed by atoms with Crippen LogP contribution in [0.3, 0.4) is 0 Å². The van der Waals surface area contributed by atoms with Crippen LogP contribution in [0.5, 0.6) is 5.75 Å². The molecule has 0 bridgehead atoms. The number of nitrogens with two attached hydrogens (primary N) is 1. The molecule has 4 rings (SSSR count). The van der Waals surface area contributed by atoms with Gasteiger partial charge >= 0.3 is 0 Å². The summed E-state index contributed by atoms with van der Waals surface area (Å²) in [5, 5.41) is 0. The van der Waals surface area contributed by atoms with Crippen molar-refractivity contribution in [3.05, 3.63) is 65.2 Å². The maximum Gasteiger partial charge on any atom is 0.161 e. The van der Waals surface area contributed by atoms with Crippen molar-refractivity contribution in [1.29, 1.82) is 0 Å². The van der Waals surface area contributed by atoms with E-state index in [4.69, 9.17) is 19.9 Å². The Kier molecular flexibility index (Phi) is 5.77. The molecule has 4 heteroatoms. The second-order valence-corrected chi connectivity index (χ2v) is 7.57. The van der Waals surface area contributed by atoms with Crippen molar-refractivity contribution in [3.63, 3.8) is 0 Å². The van der Waals surface area contributed by atoms with Crippen LogP contribution in [0.2, 0.25) is 0 Å². The van der Waals surface area contributed by atoms with Crippen LogP contribution in [-0.2, 0) is 22.3 Å². The molecule has 0 spiro atoms. The number of hydrogen-bond acceptors (Lipinski definition) is 4. The minimum Gasteiger partial charge on any atom is -0.497 e. The van der Waals surface area contributed by atoms with E-state index >= 15 is 0 Å². The van der Waals surface area contributed by atoms with Crippen molar-refractivity contribution in [3.8, 4) is 5.75 Å². The Morgan fingerprint density at radius 3 is 2.59 bits per heavy atom. The van der Waals surface area contributed by atoms with E-state index in [1.165, 1.54) is 16.7 Å². The van der Waals surface area contributed by atoms with Gasteiger partial charge in [0.25, 0.3) is 0 Å². The summed E-state index contributed by atoms with van der Waals surface area (Å²) in [6.07, 6.45) is 2.99. The number of benzene rings is 2. The van der Waals surface area contributed by atoms with Gasteiger partial charge in [-0.25, -0.2) is 0 Å².